The van der Waals surface area contributed by atoms with Crippen LogP contribution in [0.15, 0.2) is 91.0 Å². The lowest BCUT2D eigenvalue weighted by molar-refractivity contribution is -0.140. The molecule has 4 aliphatic rings. The van der Waals surface area contributed by atoms with Crippen LogP contribution in [0, 0.1) is 11.2 Å². The van der Waals surface area contributed by atoms with Gasteiger partial charge in [0.1, 0.15) is 28.3 Å². The van der Waals surface area contributed by atoms with Crippen LogP contribution in [0.5, 0.6) is 0 Å². The molecule has 10 nitrogen and oxygen atoms in total. The maximum Gasteiger partial charge on any atom is 0.238 e. The summed E-state index contributed by atoms with van der Waals surface area (Å²) in [5.41, 5.74) is -1.24. The van der Waals surface area contributed by atoms with Crippen LogP contribution in [-0.2, 0) is 19.7 Å². The number of hydrogen-bond donors (Lipinski definition) is 5. The molecule has 300 valence electrons. The highest BCUT2D eigenvalue weighted by Crippen LogP contribution is 2.69. The first-order valence-electron chi connectivity index (χ1n) is 19.5. The molecule has 1 aliphatic carbocycles. The Bertz CT molecular complexity index is 2140. The van der Waals surface area contributed by atoms with Crippen molar-refractivity contribution in [2.75, 3.05) is 18.5 Å². The van der Waals surface area contributed by atoms with Crippen LogP contribution in [0.3, 0.4) is 0 Å². The van der Waals surface area contributed by atoms with E-state index in [9.17, 15) is 15.3 Å². The third kappa shape index (κ3) is 6.56. The molecule has 4 aromatic rings. The van der Waals surface area contributed by atoms with Crippen molar-refractivity contribution in [2.45, 2.75) is 99.3 Å². The highest BCUT2D eigenvalue weighted by Gasteiger charge is 2.77. The van der Waals surface area contributed by atoms with E-state index in [1.807, 2.05) is 65.6 Å². The molecule has 4 heterocycles. The van der Waals surface area contributed by atoms with Gasteiger partial charge in [-0.1, -0.05) is 116 Å². The van der Waals surface area contributed by atoms with E-state index in [4.69, 9.17) is 27.9 Å². The molecule has 0 radical (unpaired) electrons. The van der Waals surface area contributed by atoms with Crippen molar-refractivity contribution in [3.05, 3.63) is 129 Å². The summed E-state index contributed by atoms with van der Waals surface area (Å²) in [7, 11) is 0. The second-order valence-corrected chi connectivity index (χ2v) is 17.5. The molecule has 3 aliphatic heterocycles. The first-order chi connectivity index (χ1) is 27.3. The number of amides is 2. The van der Waals surface area contributed by atoms with E-state index >= 15 is 14.0 Å². The van der Waals surface area contributed by atoms with Gasteiger partial charge in [0.05, 0.1) is 48.6 Å². The van der Waals surface area contributed by atoms with E-state index in [2.05, 4.69) is 29.5 Å². The Labute approximate surface area is 341 Å². The predicted octanol–water partition coefficient (Wildman–Crippen LogP) is 6.63. The van der Waals surface area contributed by atoms with E-state index < -0.39 is 77.5 Å². The van der Waals surface area contributed by atoms with Gasteiger partial charge in [-0.15, -0.1) is 0 Å². The molecule has 57 heavy (non-hydrogen) atoms. The number of benzene rings is 3. The maximum atomic E-state index is 17.1. The number of likely N-dealkylation sites (tertiary alicyclic amines) is 1. The Morgan fingerprint density at radius 2 is 1.65 bits per heavy atom. The van der Waals surface area contributed by atoms with Crippen LogP contribution in [0.25, 0.3) is 0 Å². The molecule has 8 rings (SSSR count). The average Bonchev–Trinajstić information content (AvgIpc) is 3.63. The molecule has 1 saturated carbocycles. The van der Waals surface area contributed by atoms with E-state index in [1.165, 1.54) is 6.07 Å². The summed E-state index contributed by atoms with van der Waals surface area (Å²) in [5.74, 6) is -2.77. The molecule has 2 amide bonds. The zero-order chi connectivity index (χ0) is 40.3. The van der Waals surface area contributed by atoms with Crippen molar-refractivity contribution in [3.8, 4) is 0 Å². The lowest BCUT2D eigenvalue weighted by atomic mass is 9.53. The molecule has 8 atom stereocenters. The summed E-state index contributed by atoms with van der Waals surface area (Å²) in [6.45, 7) is 3.96. The highest BCUT2D eigenvalue weighted by atomic mass is 35.5. The SMILES string of the molecule is CC1(C)CCC2(CC1)N([C@H](c1ccccc1)[C@@H](O)c1ccccc1)[C@@H](C(=O)N[C@H]1CO[C@H](CO)[C@@H](O)C1)[C@H](c1cccc(Cl)c1F)C21C(=O)Nc2nc(Cl)ccc21. The van der Waals surface area contributed by atoms with Gasteiger partial charge >= 0.3 is 0 Å². The number of anilines is 1. The standard InChI is InChI=1S/C44H47Cl2FN4O6/c1-42(2)18-20-43(21-19-42)44(29-16-17-33(46)49-39(29)50-41(44)56)34(28-14-9-15-30(45)35(28)47)37(40(55)48-27-22-31(53)32(23-52)57-24-27)51(43)36(25-10-5-3-6-11-25)38(54)26-12-7-4-8-13-26/h3-17,27,31-32,34,36-38,52-54H,18-24H2,1-2H3,(H,48,55)(H,49,50,56)/t27-,31+,32-,34+,36-,37-,38+,44?/m1/s1. The largest absolute Gasteiger partial charge is 0.394 e. The highest BCUT2D eigenvalue weighted by molar-refractivity contribution is 6.31. The predicted molar refractivity (Wildman–Crippen MR) is 214 cm³/mol. The molecule has 5 N–H and O–H groups in total. The van der Waals surface area contributed by atoms with Crippen molar-refractivity contribution in [1.29, 1.82) is 0 Å². The van der Waals surface area contributed by atoms with Crippen molar-refractivity contribution in [2.24, 2.45) is 5.41 Å². The summed E-state index contributed by atoms with van der Waals surface area (Å²) >= 11 is 13.1. The number of fused-ring (bicyclic) bond motifs is 3. The second kappa shape index (κ2) is 15.3. The first-order valence-corrected chi connectivity index (χ1v) is 20.3. The Morgan fingerprint density at radius 1 is 0.982 bits per heavy atom. The molecule has 3 fully saturated rings. The monoisotopic (exact) mass is 816 g/mol. The number of pyridine rings is 1. The number of hydrogen-bond acceptors (Lipinski definition) is 8. The van der Waals surface area contributed by atoms with Crippen LogP contribution in [0.2, 0.25) is 10.2 Å². The molecule has 13 heteroatoms. The van der Waals surface area contributed by atoms with Crippen LogP contribution in [-0.4, -0.2) is 80.1 Å². The fourth-order valence-electron chi connectivity index (χ4n) is 10.4. The second-order valence-electron chi connectivity index (χ2n) is 16.7. The molecule has 3 aromatic carbocycles. The topological polar surface area (TPSA) is 144 Å². The normalized spacial score (nSPS) is 28.8. The molecule has 0 bridgehead atoms. The summed E-state index contributed by atoms with van der Waals surface area (Å²) < 4.78 is 22.8. The van der Waals surface area contributed by atoms with Gasteiger partial charge in [-0.3, -0.25) is 14.5 Å². The van der Waals surface area contributed by atoms with Gasteiger partial charge < -0.3 is 30.7 Å². The minimum Gasteiger partial charge on any atom is -0.394 e. The lowest BCUT2D eigenvalue weighted by Gasteiger charge is -2.56. The van der Waals surface area contributed by atoms with Crippen molar-refractivity contribution < 1.29 is 34.0 Å². The summed E-state index contributed by atoms with van der Waals surface area (Å²) in [6.07, 6.45) is -0.942. The van der Waals surface area contributed by atoms with Gasteiger partial charge in [0.25, 0.3) is 0 Å². The Kier molecular flexibility index (Phi) is 10.7. The summed E-state index contributed by atoms with van der Waals surface area (Å²) in [6, 6.07) is 23.6. The third-order valence-electron chi connectivity index (χ3n) is 13.1. The van der Waals surface area contributed by atoms with E-state index in [-0.39, 0.29) is 40.0 Å². The fraction of sp³-hybridized carbons (Fsp3) is 0.432. The number of rotatable bonds is 8. The molecular weight excluding hydrogens is 770 g/mol. The molecule has 1 aromatic heterocycles. The number of carbonyl (C=O) groups is 2. The number of aliphatic hydroxyl groups excluding tert-OH is 3. The number of ether oxygens (including phenoxy) is 1. The number of aliphatic hydroxyl groups is 3. The molecule has 2 spiro atoms. The molecule has 2 saturated heterocycles. The molecule has 1 unspecified atom stereocenters. The Balaban J connectivity index is 1.45. The van der Waals surface area contributed by atoms with Crippen molar-refractivity contribution in [3.63, 3.8) is 0 Å². The van der Waals surface area contributed by atoms with Gasteiger partial charge in [-0.2, -0.15) is 0 Å². The van der Waals surface area contributed by atoms with E-state index in [0.717, 1.165) is 0 Å². The molecular formula is C44H47Cl2FN4O6. The van der Waals surface area contributed by atoms with E-state index in [1.54, 1.807) is 24.3 Å². The number of nitrogens with one attached hydrogen (secondary N) is 2. The van der Waals surface area contributed by atoms with Gasteiger partial charge in [-0.25, -0.2) is 9.37 Å². The average molecular weight is 818 g/mol. The van der Waals surface area contributed by atoms with E-state index in [0.29, 0.717) is 42.4 Å². The van der Waals surface area contributed by atoms with Gasteiger partial charge in [-0.05, 0) is 66.3 Å². The zero-order valence-electron chi connectivity index (χ0n) is 31.7. The minimum atomic E-state index is -1.67. The Hall–Kier alpha value is -3.94. The number of aromatic nitrogens is 1. The first kappa shape index (κ1) is 39.9. The number of nitrogens with zero attached hydrogens (tertiary/aromatic N) is 2. The summed E-state index contributed by atoms with van der Waals surface area (Å²) in [4.78, 5) is 37.8. The zero-order valence-corrected chi connectivity index (χ0v) is 33.3. The quantitative estimate of drug-likeness (QED) is 0.125. The Morgan fingerprint density at radius 3 is 2.30 bits per heavy atom. The number of halogens is 3. The minimum absolute atomic E-state index is 0.00189. The van der Waals surface area contributed by atoms with Crippen LogP contribution in [0.1, 0.15) is 86.3 Å². The third-order valence-corrected chi connectivity index (χ3v) is 13.6. The lowest BCUT2D eigenvalue weighted by Crippen LogP contribution is -2.64. The van der Waals surface area contributed by atoms with Crippen LogP contribution in [0.4, 0.5) is 10.2 Å². The fourth-order valence-corrected chi connectivity index (χ4v) is 10.7. The summed E-state index contributed by atoms with van der Waals surface area (Å²) in [5, 5.41) is 39.6. The van der Waals surface area contributed by atoms with Gasteiger partial charge in [0.15, 0.2) is 0 Å². The van der Waals surface area contributed by atoms with Crippen LogP contribution < -0.4 is 10.6 Å². The van der Waals surface area contributed by atoms with Gasteiger partial charge in [0.2, 0.25) is 11.8 Å². The smallest absolute Gasteiger partial charge is 0.238 e. The maximum absolute atomic E-state index is 17.1. The van der Waals surface area contributed by atoms with Crippen LogP contribution >= 0.6 is 23.2 Å². The van der Waals surface area contributed by atoms with Crippen molar-refractivity contribution >= 4 is 40.8 Å². The van der Waals surface area contributed by atoms with Gasteiger partial charge in [0, 0.05) is 17.0 Å². The number of carbonyl (C=O) groups excluding carboxylic acids is 2. The van der Waals surface area contributed by atoms with Crippen molar-refractivity contribution in [1.82, 2.24) is 15.2 Å².